The predicted molar refractivity (Wildman–Crippen MR) is 93.4 cm³/mol. The van der Waals surface area contributed by atoms with Crippen LogP contribution in [0.4, 0.5) is 5.69 Å². The van der Waals surface area contributed by atoms with Crippen LogP contribution in [-0.4, -0.2) is 15.5 Å². The van der Waals surface area contributed by atoms with Crippen molar-refractivity contribution >= 4 is 33.1 Å². The topological polar surface area (TPSA) is 87.8 Å². The summed E-state index contributed by atoms with van der Waals surface area (Å²) in [7, 11) is 0. The van der Waals surface area contributed by atoms with Crippen molar-refractivity contribution in [2.24, 2.45) is 0 Å². The summed E-state index contributed by atoms with van der Waals surface area (Å²) < 4.78 is 1.24. The number of nitriles is 1. The maximum Gasteiger partial charge on any atom is 0.266 e. The number of hydrogen-bond acceptors (Lipinski definition) is 5. The number of rotatable bonds is 3. The third-order valence-electron chi connectivity index (χ3n) is 3.76. The van der Waals surface area contributed by atoms with Crippen molar-refractivity contribution in [1.82, 2.24) is 9.55 Å². The molecule has 6 nitrogen and oxygen atoms in total. The van der Waals surface area contributed by atoms with Gasteiger partial charge >= 0.3 is 0 Å². The first-order chi connectivity index (χ1) is 11.5. The number of anilines is 1. The molecule has 7 heteroatoms. The average molecular weight is 338 g/mol. The van der Waals surface area contributed by atoms with Crippen molar-refractivity contribution in [1.29, 1.82) is 5.26 Å². The van der Waals surface area contributed by atoms with Gasteiger partial charge in [-0.05, 0) is 31.0 Å². The molecule has 1 aromatic carbocycles. The van der Waals surface area contributed by atoms with Gasteiger partial charge in [-0.15, -0.1) is 11.3 Å². The van der Waals surface area contributed by atoms with E-state index in [4.69, 9.17) is 5.26 Å². The van der Waals surface area contributed by atoms with Gasteiger partial charge in [-0.25, -0.2) is 4.98 Å². The molecule has 0 unspecified atom stereocenters. The van der Waals surface area contributed by atoms with Gasteiger partial charge in [-0.1, -0.05) is 18.2 Å². The van der Waals surface area contributed by atoms with Crippen molar-refractivity contribution < 1.29 is 4.79 Å². The molecule has 2 aromatic heterocycles. The Labute approximate surface area is 142 Å². The van der Waals surface area contributed by atoms with E-state index >= 15 is 0 Å². The van der Waals surface area contributed by atoms with E-state index in [2.05, 4.69) is 10.3 Å². The molecule has 0 spiro atoms. The number of benzene rings is 1. The number of carbonyl (C=O) groups is 1. The van der Waals surface area contributed by atoms with Crippen LogP contribution in [0.5, 0.6) is 0 Å². The number of fused-ring (bicyclic) bond motifs is 1. The van der Waals surface area contributed by atoms with Crippen molar-refractivity contribution in [3.05, 3.63) is 57.0 Å². The van der Waals surface area contributed by atoms with E-state index in [0.29, 0.717) is 20.7 Å². The normalized spacial score (nSPS) is 10.5. The van der Waals surface area contributed by atoms with Crippen LogP contribution >= 0.6 is 11.3 Å². The largest absolute Gasteiger partial charge is 0.321 e. The minimum atomic E-state index is -0.301. The van der Waals surface area contributed by atoms with Crippen molar-refractivity contribution in [2.45, 2.75) is 20.4 Å². The summed E-state index contributed by atoms with van der Waals surface area (Å²) in [6.45, 7) is 3.57. The van der Waals surface area contributed by atoms with Gasteiger partial charge in [0.05, 0.1) is 16.3 Å². The lowest BCUT2D eigenvalue weighted by Gasteiger charge is -2.07. The lowest BCUT2D eigenvalue weighted by molar-refractivity contribution is 0.103. The zero-order valence-corrected chi connectivity index (χ0v) is 14.0. The molecule has 0 fully saturated rings. The molecule has 0 bridgehead atoms. The van der Waals surface area contributed by atoms with Crippen molar-refractivity contribution in [2.75, 3.05) is 5.32 Å². The second-order valence-corrected chi connectivity index (χ2v) is 6.34. The van der Waals surface area contributed by atoms with Gasteiger partial charge in [-0.3, -0.25) is 14.2 Å². The van der Waals surface area contributed by atoms with Crippen LogP contribution in [0.2, 0.25) is 0 Å². The van der Waals surface area contributed by atoms with E-state index < -0.39 is 0 Å². The summed E-state index contributed by atoms with van der Waals surface area (Å²) in [6.07, 6.45) is 1.34. The zero-order valence-electron chi connectivity index (χ0n) is 13.2. The molecule has 0 saturated heterocycles. The zero-order chi connectivity index (χ0) is 17.3. The minimum Gasteiger partial charge on any atom is -0.321 e. The Balaban J connectivity index is 2.04. The fourth-order valence-electron chi connectivity index (χ4n) is 2.46. The smallest absolute Gasteiger partial charge is 0.266 e. The fourth-order valence-corrected chi connectivity index (χ4v) is 3.49. The number of para-hydroxylation sites is 1. The van der Waals surface area contributed by atoms with Crippen LogP contribution in [0, 0.1) is 25.2 Å². The van der Waals surface area contributed by atoms with Gasteiger partial charge in [-0.2, -0.15) is 5.26 Å². The molecular weight excluding hydrogens is 324 g/mol. The second kappa shape index (κ2) is 6.26. The summed E-state index contributed by atoms with van der Waals surface area (Å²) in [6, 6.07) is 9.41. The molecule has 0 atom stereocenters. The Hall–Kier alpha value is -2.98. The number of amides is 1. The maximum atomic E-state index is 12.6. The number of thiophene rings is 1. The average Bonchev–Trinajstić information content (AvgIpc) is 2.90. The lowest BCUT2D eigenvalue weighted by Crippen LogP contribution is -2.20. The molecule has 2 heterocycles. The molecule has 0 aliphatic heterocycles. The van der Waals surface area contributed by atoms with Gasteiger partial charge in [0.1, 0.15) is 17.7 Å². The molecular formula is C17H14N4O2S. The molecule has 24 heavy (non-hydrogen) atoms. The number of hydrogen-bond donors (Lipinski definition) is 1. The van der Waals surface area contributed by atoms with E-state index in [1.807, 2.05) is 37.3 Å². The second-order valence-electron chi connectivity index (χ2n) is 5.34. The summed E-state index contributed by atoms with van der Waals surface area (Å²) in [4.78, 5) is 30.2. The molecule has 0 radical (unpaired) electrons. The highest BCUT2D eigenvalue weighted by molar-refractivity contribution is 7.20. The molecule has 0 aliphatic rings. The van der Waals surface area contributed by atoms with Crippen molar-refractivity contribution in [3.8, 4) is 6.07 Å². The van der Waals surface area contributed by atoms with Crippen molar-refractivity contribution in [3.63, 3.8) is 0 Å². The predicted octanol–water partition coefficient (Wildman–Crippen LogP) is 2.85. The van der Waals surface area contributed by atoms with Crippen LogP contribution in [0.1, 0.15) is 20.8 Å². The molecule has 1 N–H and O–H groups in total. The van der Waals surface area contributed by atoms with Gasteiger partial charge in [0, 0.05) is 5.69 Å². The Kier molecular flexibility index (Phi) is 4.15. The van der Waals surface area contributed by atoms with Crippen LogP contribution < -0.4 is 10.9 Å². The van der Waals surface area contributed by atoms with Gasteiger partial charge in [0.25, 0.3) is 11.5 Å². The van der Waals surface area contributed by atoms with Gasteiger partial charge < -0.3 is 5.32 Å². The first kappa shape index (κ1) is 15.9. The summed E-state index contributed by atoms with van der Waals surface area (Å²) in [5.41, 5.74) is 1.98. The van der Waals surface area contributed by atoms with E-state index in [0.717, 1.165) is 11.3 Å². The Morgan fingerprint density at radius 1 is 1.38 bits per heavy atom. The number of aryl methyl sites for hydroxylation is 2. The highest BCUT2D eigenvalue weighted by Gasteiger charge is 2.19. The number of nitrogens with zero attached hydrogens (tertiary/aromatic N) is 3. The van der Waals surface area contributed by atoms with Gasteiger partial charge in [0.15, 0.2) is 0 Å². The third-order valence-corrected chi connectivity index (χ3v) is 4.96. The Morgan fingerprint density at radius 2 is 2.12 bits per heavy atom. The first-order valence-corrected chi connectivity index (χ1v) is 8.07. The van der Waals surface area contributed by atoms with Crippen LogP contribution in [-0.2, 0) is 6.54 Å². The van der Waals surface area contributed by atoms with E-state index in [1.54, 1.807) is 6.92 Å². The summed E-state index contributed by atoms with van der Waals surface area (Å²) >= 11 is 1.18. The standard InChI is InChI=1S/C17H14N4O2S/c1-10-5-3-4-6-12(10)20-15(22)14-11(2)13-16(24-14)19-9-21(8-7-18)17(13)23/h3-6,9H,8H2,1-2H3,(H,20,22). The quantitative estimate of drug-likeness (QED) is 0.795. The molecule has 120 valence electrons. The summed E-state index contributed by atoms with van der Waals surface area (Å²) in [5, 5.41) is 12.0. The molecule has 3 aromatic rings. The molecule has 0 aliphatic carbocycles. The van der Waals surface area contributed by atoms with E-state index in [-0.39, 0.29) is 18.0 Å². The fraction of sp³-hybridized carbons (Fsp3) is 0.176. The number of carbonyl (C=O) groups excluding carboxylic acids is 1. The Morgan fingerprint density at radius 3 is 2.83 bits per heavy atom. The van der Waals surface area contributed by atoms with Crippen LogP contribution in [0.3, 0.4) is 0 Å². The lowest BCUT2D eigenvalue weighted by atomic mass is 10.2. The monoisotopic (exact) mass is 338 g/mol. The third kappa shape index (κ3) is 2.68. The minimum absolute atomic E-state index is 0.0677. The summed E-state index contributed by atoms with van der Waals surface area (Å²) in [5.74, 6) is -0.268. The SMILES string of the molecule is Cc1ccccc1NC(=O)c1sc2ncn(CC#N)c(=O)c2c1C. The number of nitrogens with one attached hydrogen (secondary N) is 1. The number of aromatic nitrogens is 2. The first-order valence-electron chi connectivity index (χ1n) is 7.25. The molecule has 3 rings (SSSR count). The highest BCUT2D eigenvalue weighted by atomic mass is 32.1. The molecule has 0 saturated carbocycles. The van der Waals surface area contributed by atoms with E-state index in [9.17, 15) is 9.59 Å². The van der Waals surface area contributed by atoms with E-state index in [1.165, 1.54) is 22.2 Å². The highest BCUT2D eigenvalue weighted by Crippen LogP contribution is 2.28. The maximum absolute atomic E-state index is 12.6. The Bertz CT molecular complexity index is 1040. The van der Waals surface area contributed by atoms with Gasteiger partial charge in [0.2, 0.25) is 0 Å². The van der Waals surface area contributed by atoms with Crippen LogP contribution in [0.15, 0.2) is 35.4 Å². The molecule has 1 amide bonds. The van der Waals surface area contributed by atoms with Crippen LogP contribution in [0.25, 0.3) is 10.2 Å².